The van der Waals surface area contributed by atoms with Gasteiger partial charge >= 0.3 is 0 Å². The Bertz CT molecular complexity index is 430. The molecule has 1 saturated heterocycles. The van der Waals surface area contributed by atoms with Gasteiger partial charge in [-0.3, -0.25) is 4.68 Å². The van der Waals surface area contributed by atoms with Crippen LogP contribution in [-0.2, 0) is 19.0 Å². The Morgan fingerprint density at radius 1 is 1.40 bits per heavy atom. The molecule has 4 nitrogen and oxygen atoms in total. The molecule has 114 valence electrons. The monoisotopic (exact) mass is 278 g/mol. The molecular formula is C16H30N4. The maximum Gasteiger partial charge on any atom is 0.0722 e. The Morgan fingerprint density at radius 2 is 2.15 bits per heavy atom. The molecule has 0 amide bonds. The topological polar surface area (TPSA) is 33.1 Å². The van der Waals surface area contributed by atoms with E-state index in [1.165, 1.54) is 37.2 Å². The molecule has 2 heterocycles. The average Bonchev–Trinajstić information content (AvgIpc) is 2.78. The molecule has 0 spiro atoms. The lowest BCUT2D eigenvalue weighted by atomic mass is 9.89. The highest BCUT2D eigenvalue weighted by Crippen LogP contribution is 2.24. The van der Waals surface area contributed by atoms with E-state index in [4.69, 9.17) is 0 Å². The van der Waals surface area contributed by atoms with Gasteiger partial charge < -0.3 is 10.2 Å². The second-order valence-electron chi connectivity index (χ2n) is 7.04. The van der Waals surface area contributed by atoms with Crippen molar-refractivity contribution in [1.29, 1.82) is 0 Å². The summed E-state index contributed by atoms with van der Waals surface area (Å²) in [5, 5.41) is 8.38. The lowest BCUT2D eigenvalue weighted by Crippen LogP contribution is -2.45. The first-order valence-electron chi connectivity index (χ1n) is 7.89. The van der Waals surface area contributed by atoms with Gasteiger partial charge in [-0.2, -0.15) is 5.10 Å². The number of nitrogens with one attached hydrogen (secondary N) is 1. The first kappa shape index (κ1) is 15.5. The number of hydrogen-bond donors (Lipinski definition) is 1. The zero-order chi connectivity index (χ0) is 14.8. The van der Waals surface area contributed by atoms with Crippen molar-refractivity contribution in [3.63, 3.8) is 0 Å². The van der Waals surface area contributed by atoms with Crippen molar-refractivity contribution in [2.24, 2.45) is 7.05 Å². The van der Waals surface area contributed by atoms with Crippen LogP contribution in [0.15, 0.2) is 6.20 Å². The molecule has 0 bridgehead atoms. The van der Waals surface area contributed by atoms with Crippen molar-refractivity contribution in [1.82, 2.24) is 20.0 Å². The van der Waals surface area contributed by atoms with Gasteiger partial charge in [-0.25, -0.2) is 0 Å². The third-order valence-corrected chi connectivity index (χ3v) is 4.15. The Labute approximate surface area is 123 Å². The van der Waals surface area contributed by atoms with Crippen LogP contribution in [0.5, 0.6) is 0 Å². The van der Waals surface area contributed by atoms with E-state index in [0.717, 1.165) is 13.1 Å². The van der Waals surface area contributed by atoms with E-state index in [1.54, 1.807) is 0 Å². The third-order valence-electron chi connectivity index (χ3n) is 4.15. The van der Waals surface area contributed by atoms with Gasteiger partial charge in [0.2, 0.25) is 0 Å². The molecule has 1 fully saturated rings. The van der Waals surface area contributed by atoms with Crippen molar-refractivity contribution < 1.29 is 0 Å². The minimum absolute atomic E-state index is 0.111. The van der Waals surface area contributed by atoms with E-state index in [0.29, 0.717) is 6.04 Å². The summed E-state index contributed by atoms with van der Waals surface area (Å²) < 4.78 is 1.94. The zero-order valence-corrected chi connectivity index (χ0v) is 13.7. The van der Waals surface area contributed by atoms with Crippen molar-refractivity contribution in [3.05, 3.63) is 17.5 Å². The normalized spacial score (nSPS) is 21.4. The van der Waals surface area contributed by atoms with Crippen molar-refractivity contribution in [2.45, 2.75) is 58.5 Å². The van der Waals surface area contributed by atoms with Crippen LogP contribution in [0.1, 0.15) is 51.8 Å². The summed E-state index contributed by atoms with van der Waals surface area (Å²) in [6, 6.07) is 0.622. The maximum absolute atomic E-state index is 4.64. The predicted octanol–water partition coefficient (Wildman–Crippen LogP) is 2.29. The van der Waals surface area contributed by atoms with Gasteiger partial charge in [-0.1, -0.05) is 27.7 Å². The molecule has 1 atom stereocenters. The lowest BCUT2D eigenvalue weighted by Gasteiger charge is -2.32. The van der Waals surface area contributed by atoms with Gasteiger partial charge in [0.15, 0.2) is 0 Å². The molecule has 1 unspecified atom stereocenters. The van der Waals surface area contributed by atoms with E-state index in [2.05, 4.69) is 49.2 Å². The van der Waals surface area contributed by atoms with E-state index in [-0.39, 0.29) is 5.41 Å². The van der Waals surface area contributed by atoms with Gasteiger partial charge in [0.25, 0.3) is 0 Å². The summed E-state index contributed by atoms with van der Waals surface area (Å²) in [6.45, 7) is 13.5. The minimum atomic E-state index is 0.111. The van der Waals surface area contributed by atoms with Crippen LogP contribution in [0.3, 0.4) is 0 Å². The highest BCUT2D eigenvalue weighted by molar-refractivity contribution is 5.24. The Kier molecular flexibility index (Phi) is 4.86. The number of hydrogen-bond acceptors (Lipinski definition) is 3. The van der Waals surface area contributed by atoms with Gasteiger partial charge in [0.1, 0.15) is 0 Å². The van der Waals surface area contributed by atoms with Crippen LogP contribution >= 0.6 is 0 Å². The molecule has 1 N–H and O–H groups in total. The summed E-state index contributed by atoms with van der Waals surface area (Å²) in [5.74, 6) is 0. The van der Waals surface area contributed by atoms with Gasteiger partial charge in [0.05, 0.1) is 5.69 Å². The average molecular weight is 278 g/mol. The van der Waals surface area contributed by atoms with E-state index < -0.39 is 0 Å². The molecule has 0 aromatic carbocycles. The smallest absolute Gasteiger partial charge is 0.0722 e. The zero-order valence-electron chi connectivity index (χ0n) is 13.7. The summed E-state index contributed by atoms with van der Waals surface area (Å²) in [6.07, 6.45) is 4.76. The van der Waals surface area contributed by atoms with Crippen LogP contribution in [0.4, 0.5) is 0 Å². The number of likely N-dealkylation sites (tertiary alicyclic amines) is 1. The maximum atomic E-state index is 4.64. The fourth-order valence-corrected chi connectivity index (χ4v) is 3.06. The van der Waals surface area contributed by atoms with E-state index in [1.807, 2.05) is 11.7 Å². The number of aromatic nitrogens is 2. The van der Waals surface area contributed by atoms with Gasteiger partial charge in [0, 0.05) is 43.4 Å². The Morgan fingerprint density at radius 3 is 2.80 bits per heavy atom. The van der Waals surface area contributed by atoms with E-state index >= 15 is 0 Å². The molecule has 20 heavy (non-hydrogen) atoms. The predicted molar refractivity (Wildman–Crippen MR) is 83.9 cm³/mol. The van der Waals surface area contributed by atoms with Crippen LogP contribution in [-0.4, -0.2) is 40.4 Å². The first-order chi connectivity index (χ1) is 9.40. The first-order valence-corrected chi connectivity index (χ1v) is 7.89. The molecule has 0 aliphatic carbocycles. The highest BCUT2D eigenvalue weighted by atomic mass is 15.3. The number of piperidine rings is 1. The molecule has 0 radical (unpaired) electrons. The summed E-state index contributed by atoms with van der Waals surface area (Å²) in [4.78, 5) is 2.54. The highest BCUT2D eigenvalue weighted by Gasteiger charge is 2.23. The Hall–Kier alpha value is -0.870. The van der Waals surface area contributed by atoms with Crippen LogP contribution in [0.2, 0.25) is 0 Å². The second-order valence-corrected chi connectivity index (χ2v) is 7.04. The summed E-state index contributed by atoms with van der Waals surface area (Å²) >= 11 is 0. The fourth-order valence-electron chi connectivity index (χ4n) is 3.06. The standard InChI is InChI=1S/C16H30N4/c1-6-20-9-7-8-14(12-20)17-10-13-11-19(5)18-15(13)16(2,3)4/h11,14,17H,6-10,12H2,1-5H3. The minimum Gasteiger partial charge on any atom is -0.309 e. The third kappa shape index (κ3) is 3.83. The molecule has 1 aromatic rings. The largest absolute Gasteiger partial charge is 0.309 e. The van der Waals surface area contributed by atoms with Crippen molar-refractivity contribution >= 4 is 0 Å². The van der Waals surface area contributed by atoms with Crippen LogP contribution < -0.4 is 5.32 Å². The van der Waals surface area contributed by atoms with Crippen LogP contribution in [0.25, 0.3) is 0 Å². The second kappa shape index (κ2) is 6.27. The molecule has 1 aliphatic heterocycles. The SMILES string of the molecule is CCN1CCCC(NCc2cn(C)nc2C(C)(C)C)C1. The quantitative estimate of drug-likeness (QED) is 0.917. The molecule has 2 rings (SSSR count). The number of rotatable bonds is 4. The lowest BCUT2D eigenvalue weighted by molar-refractivity contribution is 0.198. The summed E-state index contributed by atoms with van der Waals surface area (Å²) in [7, 11) is 2.01. The van der Waals surface area contributed by atoms with Crippen molar-refractivity contribution in [2.75, 3.05) is 19.6 Å². The van der Waals surface area contributed by atoms with Gasteiger partial charge in [-0.05, 0) is 25.9 Å². The molecule has 1 aromatic heterocycles. The molecule has 1 aliphatic rings. The van der Waals surface area contributed by atoms with Gasteiger partial charge in [-0.15, -0.1) is 0 Å². The molecule has 4 heteroatoms. The number of likely N-dealkylation sites (N-methyl/N-ethyl adjacent to an activating group) is 1. The molecular weight excluding hydrogens is 248 g/mol. The fraction of sp³-hybridized carbons (Fsp3) is 0.812. The van der Waals surface area contributed by atoms with Crippen LogP contribution in [0, 0.1) is 0 Å². The van der Waals surface area contributed by atoms with E-state index in [9.17, 15) is 0 Å². The van der Waals surface area contributed by atoms with Crippen molar-refractivity contribution in [3.8, 4) is 0 Å². The summed E-state index contributed by atoms with van der Waals surface area (Å²) in [5.41, 5.74) is 2.67. The molecule has 0 saturated carbocycles. The Balaban J connectivity index is 1.97. The number of aryl methyl sites for hydroxylation is 1. The number of nitrogens with zero attached hydrogens (tertiary/aromatic N) is 3.